The van der Waals surface area contributed by atoms with Crippen molar-refractivity contribution in [1.29, 1.82) is 0 Å². The van der Waals surface area contributed by atoms with Gasteiger partial charge in [-0.1, -0.05) is 6.07 Å². The maximum Gasteiger partial charge on any atom is 0.410 e. The summed E-state index contributed by atoms with van der Waals surface area (Å²) >= 11 is 4.62. The van der Waals surface area contributed by atoms with E-state index in [9.17, 15) is 18.0 Å². The van der Waals surface area contributed by atoms with Gasteiger partial charge in [-0.2, -0.15) is 18.3 Å². The second-order valence-electron chi connectivity index (χ2n) is 6.18. The number of fused-ring (bicyclic) bond motifs is 1. The molecule has 0 radical (unpaired) electrons. The van der Waals surface area contributed by atoms with Gasteiger partial charge in [-0.25, -0.2) is 9.67 Å². The summed E-state index contributed by atoms with van der Waals surface area (Å²) in [5.74, 6) is -0.205. The number of pyridine rings is 1. The molecule has 0 bridgehead atoms. The molecule has 0 saturated carbocycles. The molecule has 0 spiro atoms. The minimum Gasteiger partial charge on any atom is -0.363 e. The van der Waals surface area contributed by atoms with Crippen LogP contribution in [-0.4, -0.2) is 26.8 Å². The van der Waals surface area contributed by atoms with Crippen LogP contribution in [0.3, 0.4) is 0 Å². The molecule has 3 aromatic rings. The standard InChI is InChI=1S/C17H13BrF3N5OS/c18-9-3-4-14(22-8-9)24-16(27)11-7-15-23-10(12-2-1-5-28-12)6-13(17(19,20)21)26(15)25-11/h1-5,7-8,10,13,23H,6H2,(H,22,24,27). The molecule has 3 aromatic heterocycles. The number of rotatable bonds is 3. The van der Waals surface area contributed by atoms with E-state index in [1.165, 1.54) is 23.6 Å². The molecule has 4 heterocycles. The van der Waals surface area contributed by atoms with Crippen LogP contribution in [0.4, 0.5) is 24.8 Å². The van der Waals surface area contributed by atoms with E-state index in [0.717, 1.165) is 14.0 Å². The van der Waals surface area contributed by atoms with Crippen molar-refractivity contribution in [3.8, 4) is 0 Å². The zero-order valence-corrected chi connectivity index (χ0v) is 16.5. The van der Waals surface area contributed by atoms with Gasteiger partial charge in [-0.15, -0.1) is 11.3 Å². The first-order valence-corrected chi connectivity index (χ1v) is 9.87. The van der Waals surface area contributed by atoms with E-state index in [-0.39, 0.29) is 23.8 Å². The highest BCUT2D eigenvalue weighted by molar-refractivity contribution is 9.10. The Morgan fingerprint density at radius 3 is 2.82 bits per heavy atom. The monoisotopic (exact) mass is 471 g/mol. The van der Waals surface area contributed by atoms with Crippen LogP contribution in [0.5, 0.6) is 0 Å². The highest BCUT2D eigenvalue weighted by Gasteiger charge is 2.47. The van der Waals surface area contributed by atoms with Crippen molar-refractivity contribution in [2.24, 2.45) is 0 Å². The van der Waals surface area contributed by atoms with Gasteiger partial charge in [-0.05, 0) is 39.5 Å². The molecule has 11 heteroatoms. The number of thiophene rings is 1. The number of carbonyl (C=O) groups excluding carboxylic acids is 1. The molecule has 2 unspecified atom stereocenters. The summed E-state index contributed by atoms with van der Waals surface area (Å²) < 4.78 is 42.5. The van der Waals surface area contributed by atoms with Gasteiger partial charge in [0.1, 0.15) is 11.6 Å². The number of carbonyl (C=O) groups is 1. The first-order chi connectivity index (χ1) is 13.3. The number of hydrogen-bond donors (Lipinski definition) is 2. The maximum absolute atomic E-state index is 13.6. The highest BCUT2D eigenvalue weighted by atomic mass is 79.9. The minimum atomic E-state index is -4.49. The number of nitrogens with one attached hydrogen (secondary N) is 2. The van der Waals surface area contributed by atoms with E-state index in [2.05, 4.69) is 36.6 Å². The van der Waals surface area contributed by atoms with Crippen LogP contribution in [0.2, 0.25) is 0 Å². The topological polar surface area (TPSA) is 71.8 Å². The third-order valence-corrected chi connectivity index (χ3v) is 5.73. The van der Waals surface area contributed by atoms with Gasteiger partial charge in [0.2, 0.25) is 0 Å². The smallest absolute Gasteiger partial charge is 0.363 e. The third-order valence-electron chi connectivity index (χ3n) is 4.28. The average molecular weight is 472 g/mol. The minimum absolute atomic E-state index is 0.117. The second kappa shape index (κ2) is 7.21. The van der Waals surface area contributed by atoms with Crippen LogP contribution >= 0.6 is 27.3 Å². The summed E-state index contributed by atoms with van der Waals surface area (Å²) in [6, 6.07) is 5.85. The molecule has 146 valence electrons. The first kappa shape index (κ1) is 18.9. The predicted octanol–water partition coefficient (Wildman–Crippen LogP) is 5.01. The Labute approximate surface area is 169 Å². The van der Waals surface area contributed by atoms with E-state index in [4.69, 9.17) is 0 Å². The maximum atomic E-state index is 13.6. The summed E-state index contributed by atoms with van der Waals surface area (Å²) in [4.78, 5) is 17.3. The van der Waals surface area contributed by atoms with E-state index in [1.807, 2.05) is 5.38 Å². The Kier molecular flexibility index (Phi) is 4.88. The molecule has 0 aliphatic carbocycles. The Hall–Kier alpha value is -2.40. The lowest BCUT2D eigenvalue weighted by Crippen LogP contribution is -2.35. The van der Waals surface area contributed by atoms with Gasteiger partial charge in [0.15, 0.2) is 11.7 Å². The predicted molar refractivity (Wildman–Crippen MR) is 103 cm³/mol. The summed E-state index contributed by atoms with van der Waals surface area (Å²) in [5.41, 5.74) is -0.117. The molecule has 0 aromatic carbocycles. The largest absolute Gasteiger partial charge is 0.410 e. The average Bonchev–Trinajstić information content (AvgIpc) is 3.31. The lowest BCUT2D eigenvalue weighted by molar-refractivity contribution is -0.173. The van der Waals surface area contributed by atoms with Gasteiger partial charge in [0.05, 0.1) is 6.04 Å². The molecule has 2 N–H and O–H groups in total. The molecule has 6 nitrogen and oxygen atoms in total. The van der Waals surface area contributed by atoms with Gasteiger partial charge in [0.25, 0.3) is 5.91 Å². The lowest BCUT2D eigenvalue weighted by Gasteiger charge is -2.32. The zero-order valence-electron chi connectivity index (χ0n) is 14.1. The van der Waals surface area contributed by atoms with Crippen LogP contribution in [-0.2, 0) is 0 Å². The van der Waals surface area contributed by atoms with Crippen LogP contribution in [0, 0.1) is 0 Å². The summed E-state index contributed by atoms with van der Waals surface area (Å²) in [6.07, 6.45) is -3.19. The van der Waals surface area contributed by atoms with Gasteiger partial charge >= 0.3 is 6.18 Å². The van der Waals surface area contributed by atoms with Crippen molar-refractivity contribution in [2.75, 3.05) is 10.6 Å². The molecule has 1 aliphatic heterocycles. The number of amides is 1. The van der Waals surface area contributed by atoms with E-state index < -0.39 is 24.2 Å². The van der Waals surface area contributed by atoms with Crippen molar-refractivity contribution < 1.29 is 18.0 Å². The Morgan fingerprint density at radius 1 is 1.36 bits per heavy atom. The van der Waals surface area contributed by atoms with Crippen LogP contribution < -0.4 is 10.6 Å². The fraction of sp³-hybridized carbons (Fsp3) is 0.235. The van der Waals surface area contributed by atoms with Crippen molar-refractivity contribution >= 4 is 44.8 Å². The van der Waals surface area contributed by atoms with Gasteiger partial charge in [-0.3, -0.25) is 4.79 Å². The molecule has 0 fully saturated rings. The second-order valence-corrected chi connectivity index (χ2v) is 8.08. The zero-order chi connectivity index (χ0) is 19.9. The number of anilines is 2. The fourth-order valence-corrected chi connectivity index (χ4v) is 4.02. The Bertz CT molecular complexity index is 987. The summed E-state index contributed by atoms with van der Waals surface area (Å²) in [6.45, 7) is 0. The molecule has 1 amide bonds. The molecule has 28 heavy (non-hydrogen) atoms. The highest BCUT2D eigenvalue weighted by Crippen LogP contribution is 2.44. The molecule has 1 aliphatic rings. The van der Waals surface area contributed by atoms with E-state index in [1.54, 1.807) is 24.3 Å². The number of hydrogen-bond acceptors (Lipinski definition) is 5. The van der Waals surface area contributed by atoms with E-state index >= 15 is 0 Å². The van der Waals surface area contributed by atoms with Gasteiger partial charge < -0.3 is 10.6 Å². The third kappa shape index (κ3) is 3.76. The van der Waals surface area contributed by atoms with Crippen molar-refractivity contribution in [3.05, 3.63) is 57.0 Å². The fourth-order valence-electron chi connectivity index (χ4n) is 2.99. The summed E-state index contributed by atoms with van der Waals surface area (Å²) in [7, 11) is 0. The SMILES string of the molecule is O=C(Nc1ccc(Br)cn1)c1cc2n(n1)C(C(F)(F)F)CC(c1cccs1)N2. The molecule has 2 atom stereocenters. The van der Waals surface area contributed by atoms with Crippen molar-refractivity contribution in [1.82, 2.24) is 14.8 Å². The van der Waals surface area contributed by atoms with Crippen LogP contribution in [0.15, 0.2) is 46.4 Å². The number of halogens is 4. The Balaban J connectivity index is 1.63. The van der Waals surface area contributed by atoms with Crippen molar-refractivity contribution in [2.45, 2.75) is 24.7 Å². The van der Waals surface area contributed by atoms with E-state index in [0.29, 0.717) is 0 Å². The molecular weight excluding hydrogens is 459 g/mol. The van der Waals surface area contributed by atoms with Crippen molar-refractivity contribution in [3.63, 3.8) is 0 Å². The molecule has 0 saturated heterocycles. The number of nitrogens with zero attached hydrogens (tertiary/aromatic N) is 3. The molecule has 4 rings (SSSR count). The number of aromatic nitrogens is 3. The molecular formula is C17H13BrF3N5OS. The van der Waals surface area contributed by atoms with Crippen LogP contribution in [0.25, 0.3) is 0 Å². The normalized spacial score (nSPS) is 19.0. The van der Waals surface area contributed by atoms with Crippen LogP contribution in [0.1, 0.15) is 33.9 Å². The van der Waals surface area contributed by atoms with Gasteiger partial charge in [0, 0.05) is 28.0 Å². The lowest BCUT2D eigenvalue weighted by atomic mass is 10.0. The first-order valence-electron chi connectivity index (χ1n) is 8.20. The number of alkyl halides is 3. The quantitative estimate of drug-likeness (QED) is 0.562. The summed E-state index contributed by atoms with van der Waals surface area (Å²) in [5, 5.41) is 11.3. The Morgan fingerprint density at radius 2 is 2.18 bits per heavy atom.